The SMILES string of the molecule is CC(C)C1C(=O)Nc2ccnn2C1=O. The highest BCUT2D eigenvalue weighted by Gasteiger charge is 2.36. The van der Waals surface area contributed by atoms with Crippen LogP contribution < -0.4 is 5.32 Å². The lowest BCUT2D eigenvalue weighted by Crippen LogP contribution is -2.42. The molecule has 0 radical (unpaired) electrons. The predicted molar refractivity (Wildman–Crippen MR) is 49.8 cm³/mol. The van der Waals surface area contributed by atoms with E-state index < -0.39 is 5.92 Å². The number of carbonyl (C=O) groups excluding carboxylic acids is 2. The summed E-state index contributed by atoms with van der Waals surface area (Å²) in [7, 11) is 0. The van der Waals surface area contributed by atoms with Gasteiger partial charge in [-0.25, -0.2) is 0 Å². The molecule has 0 saturated carbocycles. The Kier molecular flexibility index (Phi) is 1.87. The maximum atomic E-state index is 11.8. The summed E-state index contributed by atoms with van der Waals surface area (Å²) in [6.45, 7) is 3.69. The van der Waals surface area contributed by atoms with Crippen molar-refractivity contribution in [3.63, 3.8) is 0 Å². The summed E-state index contributed by atoms with van der Waals surface area (Å²) >= 11 is 0. The van der Waals surface area contributed by atoms with Crippen LogP contribution in [0.2, 0.25) is 0 Å². The van der Waals surface area contributed by atoms with Gasteiger partial charge in [0.25, 0.3) is 5.91 Å². The van der Waals surface area contributed by atoms with Crippen molar-refractivity contribution in [3.8, 4) is 0 Å². The Hall–Kier alpha value is -1.65. The zero-order valence-corrected chi connectivity index (χ0v) is 8.02. The normalized spacial score (nSPS) is 20.9. The summed E-state index contributed by atoms with van der Waals surface area (Å²) < 4.78 is 1.24. The molecule has 0 saturated heterocycles. The summed E-state index contributed by atoms with van der Waals surface area (Å²) in [4.78, 5) is 23.3. The Morgan fingerprint density at radius 3 is 2.86 bits per heavy atom. The second-order valence-electron chi connectivity index (χ2n) is 3.68. The van der Waals surface area contributed by atoms with Crippen molar-refractivity contribution < 1.29 is 9.59 Å². The van der Waals surface area contributed by atoms with E-state index in [-0.39, 0.29) is 17.7 Å². The fraction of sp³-hybridized carbons (Fsp3) is 0.444. The molecule has 1 amide bonds. The minimum absolute atomic E-state index is 0.0140. The average molecular weight is 193 g/mol. The third-order valence-corrected chi connectivity index (χ3v) is 2.32. The molecular formula is C9H11N3O2. The molecule has 0 aromatic carbocycles. The van der Waals surface area contributed by atoms with Crippen LogP contribution in [0.3, 0.4) is 0 Å². The highest BCUT2D eigenvalue weighted by molar-refractivity contribution is 6.11. The van der Waals surface area contributed by atoms with Crippen molar-refractivity contribution in [1.29, 1.82) is 0 Å². The van der Waals surface area contributed by atoms with Gasteiger partial charge in [-0.05, 0) is 5.92 Å². The fourth-order valence-electron chi connectivity index (χ4n) is 1.61. The van der Waals surface area contributed by atoms with Crippen LogP contribution in [0.15, 0.2) is 12.3 Å². The quantitative estimate of drug-likeness (QED) is 0.669. The molecular weight excluding hydrogens is 182 g/mol. The summed E-state index contributed by atoms with van der Waals surface area (Å²) in [6.07, 6.45) is 1.50. The molecule has 14 heavy (non-hydrogen) atoms. The molecule has 5 nitrogen and oxygen atoms in total. The van der Waals surface area contributed by atoms with Gasteiger partial charge in [0.05, 0.1) is 6.20 Å². The second kappa shape index (κ2) is 2.94. The van der Waals surface area contributed by atoms with Crippen LogP contribution >= 0.6 is 0 Å². The average Bonchev–Trinajstić information content (AvgIpc) is 2.50. The zero-order chi connectivity index (χ0) is 10.3. The lowest BCUT2D eigenvalue weighted by atomic mass is 9.93. The van der Waals surface area contributed by atoms with E-state index >= 15 is 0 Å². The van der Waals surface area contributed by atoms with Gasteiger partial charge in [0, 0.05) is 6.07 Å². The third-order valence-electron chi connectivity index (χ3n) is 2.32. The molecule has 1 aliphatic heterocycles. The fourth-order valence-corrected chi connectivity index (χ4v) is 1.61. The van der Waals surface area contributed by atoms with E-state index in [1.165, 1.54) is 10.9 Å². The van der Waals surface area contributed by atoms with Crippen molar-refractivity contribution >= 4 is 17.6 Å². The van der Waals surface area contributed by atoms with Crippen molar-refractivity contribution in [2.75, 3.05) is 5.32 Å². The van der Waals surface area contributed by atoms with Crippen molar-refractivity contribution in [3.05, 3.63) is 12.3 Å². The second-order valence-corrected chi connectivity index (χ2v) is 3.68. The summed E-state index contributed by atoms with van der Waals surface area (Å²) in [5.74, 6) is -0.666. The Balaban J connectivity index is 2.44. The number of aromatic nitrogens is 2. The molecule has 74 valence electrons. The Bertz CT molecular complexity index is 395. The van der Waals surface area contributed by atoms with Gasteiger partial charge < -0.3 is 5.32 Å². The number of carbonyl (C=O) groups is 2. The highest BCUT2D eigenvalue weighted by atomic mass is 16.2. The van der Waals surface area contributed by atoms with E-state index in [9.17, 15) is 9.59 Å². The van der Waals surface area contributed by atoms with Crippen LogP contribution in [0.5, 0.6) is 0 Å². The molecule has 0 spiro atoms. The van der Waals surface area contributed by atoms with Crippen LogP contribution in [-0.4, -0.2) is 21.6 Å². The van der Waals surface area contributed by atoms with Crippen LogP contribution in [0.4, 0.5) is 5.82 Å². The first-order valence-corrected chi connectivity index (χ1v) is 4.50. The van der Waals surface area contributed by atoms with Gasteiger partial charge in [0.2, 0.25) is 5.91 Å². The van der Waals surface area contributed by atoms with Crippen molar-refractivity contribution in [2.45, 2.75) is 13.8 Å². The molecule has 1 atom stereocenters. The molecule has 1 aromatic heterocycles. The molecule has 2 rings (SSSR count). The smallest absolute Gasteiger partial charge is 0.261 e. The van der Waals surface area contributed by atoms with E-state index in [0.717, 1.165) is 0 Å². The Morgan fingerprint density at radius 1 is 1.50 bits per heavy atom. The van der Waals surface area contributed by atoms with Gasteiger partial charge in [-0.15, -0.1) is 0 Å². The Labute approximate surface area is 81.1 Å². The van der Waals surface area contributed by atoms with E-state index in [1.54, 1.807) is 6.07 Å². The molecule has 1 aromatic rings. The number of nitrogens with one attached hydrogen (secondary N) is 1. The lowest BCUT2D eigenvalue weighted by Gasteiger charge is -2.23. The number of amides is 1. The van der Waals surface area contributed by atoms with E-state index in [1.807, 2.05) is 13.8 Å². The first kappa shape index (κ1) is 8.93. The Morgan fingerprint density at radius 2 is 2.21 bits per heavy atom. The van der Waals surface area contributed by atoms with Crippen LogP contribution in [-0.2, 0) is 4.79 Å². The van der Waals surface area contributed by atoms with Crippen LogP contribution in [0.25, 0.3) is 0 Å². The number of anilines is 1. The van der Waals surface area contributed by atoms with Crippen molar-refractivity contribution in [2.24, 2.45) is 11.8 Å². The van der Waals surface area contributed by atoms with Gasteiger partial charge in [0.1, 0.15) is 11.7 Å². The minimum Gasteiger partial charge on any atom is -0.310 e. The third kappa shape index (κ3) is 1.13. The van der Waals surface area contributed by atoms with E-state index in [4.69, 9.17) is 0 Å². The molecule has 2 heterocycles. The molecule has 1 aliphatic rings. The number of fused-ring (bicyclic) bond motifs is 1. The maximum Gasteiger partial charge on any atom is 0.261 e. The molecule has 0 bridgehead atoms. The number of hydrogen-bond acceptors (Lipinski definition) is 3. The van der Waals surface area contributed by atoms with E-state index in [0.29, 0.717) is 5.82 Å². The highest BCUT2D eigenvalue weighted by Crippen LogP contribution is 2.22. The topological polar surface area (TPSA) is 64.0 Å². The van der Waals surface area contributed by atoms with Gasteiger partial charge in [-0.1, -0.05) is 13.8 Å². The standard InChI is InChI=1S/C9H11N3O2/c1-5(2)7-8(13)11-6-3-4-10-12(6)9(7)14/h3-5,7H,1-2H3,(H,11,13). The van der Waals surface area contributed by atoms with Crippen LogP contribution in [0, 0.1) is 11.8 Å². The largest absolute Gasteiger partial charge is 0.310 e. The van der Waals surface area contributed by atoms with Gasteiger partial charge in [-0.2, -0.15) is 9.78 Å². The van der Waals surface area contributed by atoms with Gasteiger partial charge in [0.15, 0.2) is 0 Å². The predicted octanol–water partition coefficient (Wildman–Crippen LogP) is 0.748. The minimum atomic E-state index is -0.623. The molecule has 5 heteroatoms. The summed E-state index contributed by atoms with van der Waals surface area (Å²) in [6, 6.07) is 1.60. The maximum absolute atomic E-state index is 11.8. The molecule has 1 N–H and O–H groups in total. The van der Waals surface area contributed by atoms with Crippen molar-refractivity contribution in [1.82, 2.24) is 9.78 Å². The number of nitrogens with zero attached hydrogens (tertiary/aromatic N) is 2. The van der Waals surface area contributed by atoms with Crippen LogP contribution in [0.1, 0.15) is 18.6 Å². The van der Waals surface area contributed by atoms with Gasteiger partial charge in [-0.3, -0.25) is 9.59 Å². The summed E-state index contributed by atoms with van der Waals surface area (Å²) in [5, 5.41) is 6.50. The number of hydrogen-bond donors (Lipinski definition) is 1. The zero-order valence-electron chi connectivity index (χ0n) is 8.02. The lowest BCUT2D eigenvalue weighted by molar-refractivity contribution is -0.120. The molecule has 0 aliphatic carbocycles. The van der Waals surface area contributed by atoms with E-state index in [2.05, 4.69) is 10.4 Å². The first-order valence-electron chi connectivity index (χ1n) is 4.50. The molecule has 0 fully saturated rings. The number of rotatable bonds is 1. The van der Waals surface area contributed by atoms with Gasteiger partial charge >= 0.3 is 0 Å². The monoisotopic (exact) mass is 193 g/mol. The summed E-state index contributed by atoms with van der Waals surface area (Å²) in [5.41, 5.74) is 0. The first-order chi connectivity index (χ1) is 6.61. The molecule has 1 unspecified atom stereocenters.